The lowest BCUT2D eigenvalue weighted by Gasteiger charge is -2.19. The molecule has 1 aromatic carbocycles. The molecule has 0 radical (unpaired) electrons. The van der Waals surface area contributed by atoms with E-state index in [1.54, 1.807) is 7.11 Å². The number of carbonyl (C=O) groups excluding carboxylic acids is 1. The topological polar surface area (TPSA) is 49.8 Å². The largest absolute Gasteiger partial charge is 0.389 e. The highest BCUT2D eigenvalue weighted by molar-refractivity contribution is 5.82. The van der Waals surface area contributed by atoms with E-state index < -0.39 is 6.10 Å². The third-order valence-corrected chi connectivity index (χ3v) is 2.57. The Hall–Kier alpha value is -1.23. The van der Waals surface area contributed by atoms with Gasteiger partial charge in [0.25, 0.3) is 0 Å². The maximum absolute atomic E-state index is 11.8. The first-order valence-electron chi connectivity index (χ1n) is 6.03. The molecule has 0 spiro atoms. The van der Waals surface area contributed by atoms with Gasteiger partial charge in [0.1, 0.15) is 0 Å². The van der Waals surface area contributed by atoms with Gasteiger partial charge in [0.15, 0.2) is 5.78 Å². The van der Waals surface area contributed by atoms with E-state index in [1.807, 2.05) is 42.3 Å². The van der Waals surface area contributed by atoms with Crippen molar-refractivity contribution < 1.29 is 14.6 Å². The number of nitrogens with zero attached hydrogens (tertiary/aromatic N) is 1. The van der Waals surface area contributed by atoms with Crippen LogP contribution in [0.2, 0.25) is 0 Å². The number of hydrogen-bond acceptors (Lipinski definition) is 4. The summed E-state index contributed by atoms with van der Waals surface area (Å²) in [5, 5.41) is 9.54. The van der Waals surface area contributed by atoms with Crippen LogP contribution in [0.25, 0.3) is 0 Å². The first kappa shape index (κ1) is 14.8. The van der Waals surface area contributed by atoms with E-state index in [0.717, 1.165) is 5.56 Å². The third-order valence-electron chi connectivity index (χ3n) is 2.57. The van der Waals surface area contributed by atoms with Gasteiger partial charge >= 0.3 is 0 Å². The van der Waals surface area contributed by atoms with Crippen molar-refractivity contribution in [2.75, 3.05) is 33.9 Å². The summed E-state index contributed by atoms with van der Waals surface area (Å²) in [5.41, 5.74) is 1.02. The number of ketones is 1. The van der Waals surface area contributed by atoms with Gasteiger partial charge in [-0.2, -0.15) is 0 Å². The van der Waals surface area contributed by atoms with E-state index >= 15 is 0 Å². The Balaban J connectivity index is 2.31. The van der Waals surface area contributed by atoms with Crippen LogP contribution in [0.5, 0.6) is 0 Å². The van der Waals surface area contributed by atoms with Crippen LogP contribution in [0.3, 0.4) is 0 Å². The molecule has 1 unspecified atom stereocenters. The van der Waals surface area contributed by atoms with Crippen molar-refractivity contribution in [3.8, 4) is 0 Å². The molecule has 1 aromatic rings. The molecule has 0 bridgehead atoms. The highest BCUT2D eigenvalue weighted by Crippen LogP contribution is 2.01. The number of carbonyl (C=O) groups is 1. The Kier molecular flexibility index (Phi) is 6.57. The predicted octanol–water partition coefficient (Wildman–Crippen LogP) is 0.737. The van der Waals surface area contributed by atoms with Crippen LogP contribution in [0, 0.1) is 0 Å². The van der Waals surface area contributed by atoms with E-state index in [2.05, 4.69) is 0 Å². The van der Waals surface area contributed by atoms with Crippen LogP contribution in [-0.2, 0) is 16.0 Å². The average molecular weight is 251 g/mol. The quantitative estimate of drug-likeness (QED) is 0.740. The van der Waals surface area contributed by atoms with Crippen molar-refractivity contribution in [2.45, 2.75) is 12.5 Å². The molecule has 18 heavy (non-hydrogen) atoms. The standard InChI is InChI=1S/C14H21NO3/c1-15(10-14(17)11-18-2)9-13(16)8-12-6-4-3-5-7-12/h3-7,14,17H,8-11H2,1-2H3. The number of ether oxygens (including phenoxy) is 1. The van der Waals surface area contributed by atoms with Gasteiger partial charge in [-0.15, -0.1) is 0 Å². The van der Waals surface area contributed by atoms with Gasteiger partial charge in [-0.05, 0) is 12.6 Å². The minimum Gasteiger partial charge on any atom is -0.389 e. The molecule has 1 atom stereocenters. The summed E-state index contributed by atoms with van der Waals surface area (Å²) in [6, 6.07) is 9.67. The van der Waals surface area contributed by atoms with Crippen LogP contribution >= 0.6 is 0 Å². The van der Waals surface area contributed by atoms with Gasteiger partial charge < -0.3 is 9.84 Å². The fourth-order valence-electron chi connectivity index (χ4n) is 1.85. The van der Waals surface area contributed by atoms with E-state index in [4.69, 9.17) is 4.74 Å². The zero-order valence-electron chi connectivity index (χ0n) is 11.0. The second kappa shape index (κ2) is 7.97. The van der Waals surface area contributed by atoms with E-state index in [0.29, 0.717) is 19.5 Å². The Morgan fingerprint density at radius 3 is 2.67 bits per heavy atom. The molecule has 0 aliphatic heterocycles. The molecule has 1 N–H and O–H groups in total. The van der Waals surface area contributed by atoms with Crippen molar-refractivity contribution >= 4 is 5.78 Å². The molecule has 0 aliphatic rings. The number of hydrogen-bond donors (Lipinski definition) is 1. The second-order valence-corrected chi connectivity index (χ2v) is 4.51. The Morgan fingerprint density at radius 1 is 1.39 bits per heavy atom. The lowest BCUT2D eigenvalue weighted by Crippen LogP contribution is -2.35. The first-order chi connectivity index (χ1) is 8.61. The normalized spacial score (nSPS) is 12.7. The fraction of sp³-hybridized carbons (Fsp3) is 0.500. The highest BCUT2D eigenvalue weighted by Gasteiger charge is 2.11. The van der Waals surface area contributed by atoms with Gasteiger partial charge in [0.2, 0.25) is 0 Å². The van der Waals surface area contributed by atoms with Gasteiger partial charge in [0.05, 0.1) is 19.3 Å². The molecule has 4 heteroatoms. The first-order valence-corrected chi connectivity index (χ1v) is 6.03. The third kappa shape index (κ3) is 5.91. The zero-order valence-corrected chi connectivity index (χ0v) is 11.0. The van der Waals surface area contributed by atoms with Crippen LogP contribution in [0.15, 0.2) is 30.3 Å². The van der Waals surface area contributed by atoms with Crippen LogP contribution < -0.4 is 0 Å². The summed E-state index contributed by atoms with van der Waals surface area (Å²) < 4.78 is 4.84. The summed E-state index contributed by atoms with van der Waals surface area (Å²) in [6.45, 7) is 1.07. The summed E-state index contributed by atoms with van der Waals surface area (Å²) in [7, 11) is 3.37. The average Bonchev–Trinajstić information content (AvgIpc) is 2.29. The van der Waals surface area contributed by atoms with Crippen molar-refractivity contribution in [1.82, 2.24) is 4.90 Å². The lowest BCUT2D eigenvalue weighted by molar-refractivity contribution is -0.119. The molecule has 0 aromatic heterocycles. The predicted molar refractivity (Wildman–Crippen MR) is 70.5 cm³/mol. The number of aliphatic hydroxyl groups excluding tert-OH is 1. The molecule has 0 fully saturated rings. The SMILES string of the molecule is COCC(O)CN(C)CC(=O)Cc1ccccc1. The minimum absolute atomic E-state index is 0.147. The van der Waals surface area contributed by atoms with Gasteiger partial charge in [-0.1, -0.05) is 30.3 Å². The molecule has 4 nitrogen and oxygen atoms in total. The Bertz CT molecular complexity index is 353. The molecule has 0 saturated carbocycles. The second-order valence-electron chi connectivity index (χ2n) is 4.51. The molecule has 0 amide bonds. The van der Waals surface area contributed by atoms with E-state index in [-0.39, 0.29) is 12.4 Å². The van der Waals surface area contributed by atoms with Crippen molar-refractivity contribution in [1.29, 1.82) is 0 Å². The lowest BCUT2D eigenvalue weighted by atomic mass is 10.1. The molecule has 0 aliphatic carbocycles. The minimum atomic E-state index is -0.551. The van der Waals surface area contributed by atoms with Crippen molar-refractivity contribution in [3.63, 3.8) is 0 Å². The fourth-order valence-corrected chi connectivity index (χ4v) is 1.85. The summed E-state index contributed by atoms with van der Waals surface area (Å²) >= 11 is 0. The Labute approximate surface area is 108 Å². The van der Waals surface area contributed by atoms with Gasteiger partial charge in [-0.3, -0.25) is 9.69 Å². The van der Waals surface area contributed by atoms with E-state index in [9.17, 15) is 9.90 Å². The maximum Gasteiger partial charge on any atom is 0.151 e. The molecular weight excluding hydrogens is 230 g/mol. The van der Waals surface area contributed by atoms with Crippen molar-refractivity contribution in [2.24, 2.45) is 0 Å². The molecule has 100 valence electrons. The number of Topliss-reactive ketones (excluding diaryl/α,β-unsaturated/α-hetero) is 1. The highest BCUT2D eigenvalue weighted by atomic mass is 16.5. The van der Waals surface area contributed by atoms with Crippen LogP contribution in [-0.4, -0.2) is 55.7 Å². The number of rotatable bonds is 8. The van der Waals surface area contributed by atoms with Gasteiger partial charge in [0, 0.05) is 20.1 Å². The molecular formula is C14H21NO3. The number of aliphatic hydroxyl groups is 1. The van der Waals surface area contributed by atoms with Gasteiger partial charge in [-0.25, -0.2) is 0 Å². The monoisotopic (exact) mass is 251 g/mol. The van der Waals surface area contributed by atoms with Crippen LogP contribution in [0.4, 0.5) is 0 Å². The maximum atomic E-state index is 11.8. The molecule has 0 saturated heterocycles. The number of benzene rings is 1. The summed E-state index contributed by atoms with van der Waals surface area (Å²) in [5.74, 6) is 0.147. The molecule has 1 rings (SSSR count). The smallest absolute Gasteiger partial charge is 0.151 e. The van der Waals surface area contributed by atoms with Crippen LogP contribution in [0.1, 0.15) is 5.56 Å². The number of likely N-dealkylation sites (N-methyl/N-ethyl adjacent to an activating group) is 1. The van der Waals surface area contributed by atoms with E-state index in [1.165, 1.54) is 0 Å². The number of methoxy groups -OCH3 is 1. The summed E-state index contributed by atoms with van der Waals surface area (Å²) in [6.07, 6.45) is -0.115. The van der Waals surface area contributed by atoms with Crippen molar-refractivity contribution in [3.05, 3.63) is 35.9 Å². The summed E-state index contributed by atoms with van der Waals surface area (Å²) in [4.78, 5) is 13.6. The Morgan fingerprint density at radius 2 is 2.06 bits per heavy atom. The zero-order chi connectivity index (χ0) is 13.4. The molecule has 0 heterocycles.